The zero-order valence-electron chi connectivity index (χ0n) is 25.6. The average molecular weight is 621 g/mol. The molecule has 46 heavy (non-hydrogen) atoms. The third-order valence-corrected chi connectivity index (χ3v) is 9.38. The molecule has 1 N–H and O–H groups in total. The highest BCUT2D eigenvalue weighted by molar-refractivity contribution is 6.08. The number of halogens is 2. The van der Waals surface area contributed by atoms with Crippen LogP contribution in [-0.2, 0) is 22.4 Å². The first-order chi connectivity index (χ1) is 22.2. The van der Waals surface area contributed by atoms with Gasteiger partial charge in [-0.05, 0) is 84.0 Å². The normalized spacial score (nSPS) is 17.1. The van der Waals surface area contributed by atoms with Gasteiger partial charge >= 0.3 is 0 Å². The van der Waals surface area contributed by atoms with Crippen LogP contribution in [-0.4, -0.2) is 44.3 Å². The zero-order chi connectivity index (χ0) is 32.4. The molecule has 0 radical (unpaired) electrons. The smallest absolute Gasteiger partial charge is 0.249 e. The van der Waals surface area contributed by atoms with Crippen LogP contribution in [0.4, 0.5) is 20.2 Å². The van der Waals surface area contributed by atoms with E-state index in [1.165, 1.54) is 6.07 Å². The minimum atomic E-state index is -0.555. The number of nitrogens with one attached hydrogen (secondary N) is 1. The third-order valence-electron chi connectivity index (χ3n) is 9.38. The lowest BCUT2D eigenvalue weighted by Crippen LogP contribution is -2.51. The Morgan fingerprint density at radius 3 is 2.46 bits per heavy atom. The summed E-state index contributed by atoms with van der Waals surface area (Å²) in [6, 6.07) is 20.6. The number of likely N-dealkylation sites (N-methyl/N-ethyl adjacent to an activating group) is 1. The van der Waals surface area contributed by atoms with Crippen LogP contribution in [0.15, 0.2) is 66.7 Å². The van der Waals surface area contributed by atoms with Gasteiger partial charge in [0, 0.05) is 49.6 Å². The molecule has 1 atom stereocenters. The first-order valence-electron chi connectivity index (χ1n) is 15.5. The number of piperidine rings is 2. The van der Waals surface area contributed by atoms with Crippen molar-refractivity contribution in [3.05, 3.63) is 106 Å². The number of anilines is 2. The van der Waals surface area contributed by atoms with Crippen molar-refractivity contribution in [3.8, 4) is 6.07 Å². The summed E-state index contributed by atoms with van der Waals surface area (Å²) in [5.74, 6) is -0.992. The van der Waals surface area contributed by atoms with E-state index < -0.39 is 6.04 Å². The van der Waals surface area contributed by atoms with Crippen molar-refractivity contribution in [2.45, 2.75) is 44.6 Å². The van der Waals surface area contributed by atoms with Gasteiger partial charge in [0.25, 0.3) is 0 Å². The van der Waals surface area contributed by atoms with Gasteiger partial charge in [-0.2, -0.15) is 5.26 Å². The molecule has 0 spiro atoms. The Bertz CT molecular complexity index is 1880. The summed E-state index contributed by atoms with van der Waals surface area (Å²) < 4.78 is 30.1. The van der Waals surface area contributed by atoms with Gasteiger partial charge in [0.05, 0.1) is 17.3 Å². The number of imide groups is 1. The summed E-state index contributed by atoms with van der Waals surface area (Å²) >= 11 is 0. The van der Waals surface area contributed by atoms with E-state index in [9.17, 15) is 18.8 Å². The van der Waals surface area contributed by atoms with Crippen LogP contribution in [0.2, 0.25) is 0 Å². The van der Waals surface area contributed by atoms with Crippen LogP contribution in [0.5, 0.6) is 0 Å². The first kappa shape index (κ1) is 30.9. The number of carbonyl (C=O) groups excluding carboxylic acids is 3. The molecule has 7 nitrogen and oxygen atoms in total. The quantitative estimate of drug-likeness (QED) is 0.189. The largest absolute Gasteiger partial charge is 0.369 e. The summed E-state index contributed by atoms with van der Waals surface area (Å²) in [7, 11) is 1.78. The molecule has 2 aliphatic heterocycles. The lowest BCUT2D eigenvalue weighted by molar-refractivity contribution is -0.134. The zero-order valence-corrected chi connectivity index (χ0v) is 25.6. The average Bonchev–Trinajstić information content (AvgIpc) is 3.06. The lowest BCUT2D eigenvalue weighted by Gasteiger charge is -2.34. The monoisotopic (exact) mass is 620 g/mol. The topological polar surface area (TPSA) is 93.5 Å². The molecule has 9 heteroatoms. The van der Waals surface area contributed by atoms with E-state index in [0.29, 0.717) is 65.3 Å². The molecule has 2 aliphatic rings. The standard InChI is InChI=1S/C37H34F2N4O3/c1-42(34-11-12-35(45)41-37(34)46)33-10-8-26(29-4-2-3-28(22-44)36(29)33)20-27-7-5-24(18-30(27)38)17-23-13-15-43(16-14-23)32-9-6-25(21-40)19-31(32)39/h2-10,18-19,22-23,34H,11-17,20H2,1H3,(H,41,45,46). The predicted octanol–water partition coefficient (Wildman–Crippen LogP) is 6.09. The number of benzene rings is 4. The van der Waals surface area contributed by atoms with Crippen molar-refractivity contribution in [1.29, 1.82) is 5.26 Å². The number of hydrogen-bond donors (Lipinski definition) is 1. The SMILES string of the molecule is CN(c1ccc(Cc2ccc(CC3CCN(c4ccc(C#N)cc4F)CC3)cc2F)c2cccc(C=O)c12)C1CCC(=O)NC1=O. The Labute approximate surface area is 266 Å². The van der Waals surface area contributed by atoms with E-state index in [1.54, 1.807) is 37.4 Å². The van der Waals surface area contributed by atoms with Gasteiger partial charge in [0.2, 0.25) is 11.8 Å². The van der Waals surface area contributed by atoms with Gasteiger partial charge in [-0.1, -0.05) is 36.4 Å². The third kappa shape index (κ3) is 6.20. The Morgan fingerprint density at radius 1 is 0.978 bits per heavy atom. The molecule has 0 aromatic heterocycles. The van der Waals surface area contributed by atoms with E-state index in [1.807, 2.05) is 46.2 Å². The van der Waals surface area contributed by atoms with Gasteiger partial charge < -0.3 is 9.80 Å². The van der Waals surface area contributed by atoms with E-state index in [-0.39, 0.29) is 29.9 Å². The Kier molecular flexibility index (Phi) is 8.80. The van der Waals surface area contributed by atoms with Gasteiger partial charge in [0.1, 0.15) is 17.7 Å². The molecule has 0 saturated carbocycles. The van der Waals surface area contributed by atoms with E-state index >= 15 is 4.39 Å². The molecule has 1 unspecified atom stereocenters. The molecule has 234 valence electrons. The number of hydrogen-bond acceptors (Lipinski definition) is 6. The summed E-state index contributed by atoms with van der Waals surface area (Å²) in [4.78, 5) is 40.2. The molecule has 2 fully saturated rings. The van der Waals surface area contributed by atoms with E-state index in [0.717, 1.165) is 42.1 Å². The summed E-state index contributed by atoms with van der Waals surface area (Å²) in [5.41, 5.74) is 4.29. The minimum absolute atomic E-state index is 0.240. The Hall–Kier alpha value is -5.10. The number of nitrogens with zero attached hydrogens (tertiary/aromatic N) is 3. The molecule has 4 aromatic rings. The second kappa shape index (κ2) is 13.1. The number of nitriles is 1. The molecule has 2 saturated heterocycles. The van der Waals surface area contributed by atoms with Crippen LogP contribution in [0.1, 0.15) is 58.3 Å². The fourth-order valence-corrected chi connectivity index (χ4v) is 6.85. The van der Waals surface area contributed by atoms with Gasteiger partial charge in [0.15, 0.2) is 6.29 Å². The van der Waals surface area contributed by atoms with Crippen molar-refractivity contribution in [1.82, 2.24) is 5.32 Å². The van der Waals surface area contributed by atoms with Crippen molar-refractivity contribution in [2.75, 3.05) is 29.9 Å². The Morgan fingerprint density at radius 2 is 1.76 bits per heavy atom. The highest BCUT2D eigenvalue weighted by Crippen LogP contribution is 2.35. The maximum absolute atomic E-state index is 15.5. The maximum atomic E-state index is 15.5. The predicted molar refractivity (Wildman–Crippen MR) is 173 cm³/mol. The lowest BCUT2D eigenvalue weighted by atomic mass is 9.89. The van der Waals surface area contributed by atoms with Gasteiger partial charge in [-0.25, -0.2) is 8.78 Å². The highest BCUT2D eigenvalue weighted by Gasteiger charge is 2.31. The summed E-state index contributed by atoms with van der Waals surface area (Å²) in [6.07, 6.45) is 4.16. The van der Waals surface area contributed by atoms with Crippen molar-refractivity contribution >= 4 is 40.2 Å². The molecule has 0 bridgehead atoms. The van der Waals surface area contributed by atoms with E-state index in [2.05, 4.69) is 5.32 Å². The van der Waals surface area contributed by atoms with Crippen molar-refractivity contribution in [2.24, 2.45) is 5.92 Å². The van der Waals surface area contributed by atoms with E-state index in [4.69, 9.17) is 5.26 Å². The van der Waals surface area contributed by atoms with Gasteiger partial charge in [-0.3, -0.25) is 19.7 Å². The number of rotatable bonds is 8. The molecular weight excluding hydrogens is 586 g/mol. The van der Waals surface area contributed by atoms with Crippen LogP contribution in [0.25, 0.3) is 10.8 Å². The molecule has 4 aromatic carbocycles. The Balaban J connectivity index is 1.17. The van der Waals surface area contributed by atoms with Crippen LogP contribution >= 0.6 is 0 Å². The van der Waals surface area contributed by atoms with Crippen LogP contribution < -0.4 is 15.1 Å². The fourth-order valence-electron chi connectivity index (χ4n) is 6.85. The molecule has 2 heterocycles. The molecule has 0 aliphatic carbocycles. The van der Waals surface area contributed by atoms with Crippen molar-refractivity contribution < 1.29 is 23.2 Å². The minimum Gasteiger partial charge on any atom is -0.369 e. The summed E-state index contributed by atoms with van der Waals surface area (Å²) in [6.45, 7) is 1.39. The number of fused-ring (bicyclic) bond motifs is 1. The van der Waals surface area contributed by atoms with Crippen LogP contribution in [0, 0.1) is 28.9 Å². The maximum Gasteiger partial charge on any atom is 0.249 e. The number of carbonyl (C=O) groups is 3. The number of amides is 2. The summed E-state index contributed by atoms with van der Waals surface area (Å²) in [5, 5.41) is 12.9. The second-order valence-corrected chi connectivity index (χ2v) is 12.2. The first-order valence-corrected chi connectivity index (χ1v) is 15.5. The van der Waals surface area contributed by atoms with Crippen LogP contribution in [0.3, 0.4) is 0 Å². The van der Waals surface area contributed by atoms with Crippen molar-refractivity contribution in [3.63, 3.8) is 0 Å². The second-order valence-electron chi connectivity index (χ2n) is 12.2. The molecule has 6 rings (SSSR count). The fraction of sp³-hybridized carbons (Fsp3) is 0.297. The number of aldehydes is 1. The van der Waals surface area contributed by atoms with Gasteiger partial charge in [-0.15, -0.1) is 0 Å². The highest BCUT2D eigenvalue weighted by atomic mass is 19.1. The molecular formula is C37H34F2N4O3. The molecule has 2 amide bonds.